The molecule has 1 saturated heterocycles. The Morgan fingerprint density at radius 1 is 1.14 bits per heavy atom. The predicted molar refractivity (Wildman–Crippen MR) is 99.4 cm³/mol. The van der Waals surface area contributed by atoms with Gasteiger partial charge in [-0.25, -0.2) is 4.79 Å². The average Bonchev–Trinajstić information content (AvgIpc) is 3.17. The number of aromatic nitrogens is 3. The first-order valence-electron chi connectivity index (χ1n) is 8.86. The molecule has 0 unspecified atom stereocenters. The Morgan fingerprint density at radius 3 is 2.52 bits per heavy atom. The van der Waals surface area contributed by atoms with Gasteiger partial charge in [-0.05, 0) is 18.6 Å². The van der Waals surface area contributed by atoms with Crippen LogP contribution in [0.25, 0.3) is 22.2 Å². The van der Waals surface area contributed by atoms with Gasteiger partial charge in [0.05, 0.1) is 11.3 Å². The van der Waals surface area contributed by atoms with E-state index < -0.39 is 17.8 Å². The van der Waals surface area contributed by atoms with E-state index in [9.17, 15) is 18.0 Å². The smallest absolute Gasteiger partial charge is 0.417 e. The Balaban J connectivity index is 1.66. The molecule has 29 heavy (non-hydrogen) atoms. The molecule has 150 valence electrons. The van der Waals surface area contributed by atoms with Gasteiger partial charge in [0.25, 0.3) is 0 Å². The van der Waals surface area contributed by atoms with Gasteiger partial charge in [0.15, 0.2) is 5.82 Å². The number of alkyl halides is 3. The van der Waals surface area contributed by atoms with Crippen LogP contribution in [0.2, 0.25) is 0 Å². The minimum atomic E-state index is -4.46. The molecular weight excluding hydrogens is 387 g/mol. The Labute approximate surface area is 163 Å². The zero-order valence-corrected chi connectivity index (χ0v) is 15.0. The van der Waals surface area contributed by atoms with Gasteiger partial charge in [-0.1, -0.05) is 24.3 Å². The van der Waals surface area contributed by atoms with Gasteiger partial charge in [-0.3, -0.25) is 4.98 Å². The maximum absolute atomic E-state index is 12.8. The number of hydrogen-bond donors (Lipinski definition) is 2. The molecule has 0 aliphatic carbocycles. The minimum Gasteiger partial charge on any atom is -0.465 e. The first-order chi connectivity index (χ1) is 13.8. The third-order valence-corrected chi connectivity index (χ3v) is 4.82. The van der Waals surface area contributed by atoms with Crippen molar-refractivity contribution in [3.8, 4) is 11.4 Å². The Hall–Kier alpha value is -3.43. The summed E-state index contributed by atoms with van der Waals surface area (Å²) in [6.45, 7) is 0.777. The van der Waals surface area contributed by atoms with Crippen molar-refractivity contribution in [3.05, 3.63) is 48.2 Å². The lowest BCUT2D eigenvalue weighted by Crippen LogP contribution is -2.30. The van der Waals surface area contributed by atoms with Crippen molar-refractivity contribution in [3.63, 3.8) is 0 Å². The fourth-order valence-electron chi connectivity index (χ4n) is 3.35. The molecule has 4 rings (SSSR count). The summed E-state index contributed by atoms with van der Waals surface area (Å²) in [5.74, 6) is 0.494. The van der Waals surface area contributed by atoms with Gasteiger partial charge < -0.3 is 15.3 Å². The number of halogens is 3. The molecule has 1 aliphatic heterocycles. The monoisotopic (exact) mass is 403 g/mol. The number of carbonyl (C=O) groups is 1. The highest BCUT2D eigenvalue weighted by molar-refractivity contribution is 5.99. The highest BCUT2D eigenvalue weighted by atomic mass is 19.4. The molecule has 1 fully saturated rings. The number of fused-ring (bicyclic) bond motifs is 1. The molecule has 7 nitrogen and oxygen atoms in total. The van der Waals surface area contributed by atoms with E-state index in [0.29, 0.717) is 36.4 Å². The van der Waals surface area contributed by atoms with Crippen molar-refractivity contribution in [2.45, 2.75) is 18.6 Å². The molecule has 0 radical (unpaired) electrons. The Kier molecular flexibility index (Phi) is 4.69. The maximum atomic E-state index is 12.8. The lowest BCUT2D eigenvalue weighted by Gasteiger charge is -2.16. The number of carboxylic acid groups (broad SMARTS) is 1. The Morgan fingerprint density at radius 2 is 1.90 bits per heavy atom. The van der Waals surface area contributed by atoms with E-state index in [1.54, 1.807) is 12.1 Å². The average molecular weight is 403 g/mol. The van der Waals surface area contributed by atoms with Crippen molar-refractivity contribution < 1.29 is 23.1 Å². The number of anilines is 1. The van der Waals surface area contributed by atoms with Crippen LogP contribution in [0.3, 0.4) is 0 Å². The molecule has 2 aromatic heterocycles. The summed E-state index contributed by atoms with van der Waals surface area (Å²) in [5.41, 5.74) is -0.175. The molecule has 0 bridgehead atoms. The Bertz CT molecular complexity index is 1060. The summed E-state index contributed by atoms with van der Waals surface area (Å²) in [4.78, 5) is 16.3. The van der Waals surface area contributed by atoms with Crippen LogP contribution in [-0.4, -0.2) is 50.4 Å². The molecule has 0 saturated carbocycles. The van der Waals surface area contributed by atoms with Crippen molar-refractivity contribution in [1.29, 1.82) is 0 Å². The van der Waals surface area contributed by atoms with Crippen LogP contribution >= 0.6 is 0 Å². The molecule has 10 heteroatoms. The van der Waals surface area contributed by atoms with Gasteiger partial charge in [-0.2, -0.15) is 13.2 Å². The van der Waals surface area contributed by atoms with Gasteiger partial charge in [0, 0.05) is 36.1 Å². The second kappa shape index (κ2) is 7.19. The molecular formula is C19H16F3N5O2. The van der Waals surface area contributed by atoms with Crippen LogP contribution in [0.15, 0.2) is 42.6 Å². The third kappa shape index (κ3) is 3.78. The standard InChI is InChI=1S/C19H16F3N5O2/c20-19(21,22)11-5-6-15(23-9-11)16-13-3-1-2-4-14(13)17(26-25-16)24-12-7-8-27(10-12)18(28)29/h1-6,9,12H,7-8,10H2,(H,24,26)(H,28,29)/t12-/m0/s1. The van der Waals surface area contributed by atoms with Crippen LogP contribution < -0.4 is 5.32 Å². The number of likely N-dealkylation sites (tertiary alicyclic amines) is 1. The summed E-state index contributed by atoms with van der Waals surface area (Å²) in [6.07, 6.45) is -4.01. The van der Waals surface area contributed by atoms with Gasteiger partial charge in [0.1, 0.15) is 5.69 Å². The topological polar surface area (TPSA) is 91.2 Å². The van der Waals surface area contributed by atoms with Crippen LogP contribution in [0.4, 0.5) is 23.8 Å². The van der Waals surface area contributed by atoms with Crippen LogP contribution in [0, 0.1) is 0 Å². The van der Waals surface area contributed by atoms with Crippen molar-refractivity contribution in [2.24, 2.45) is 0 Å². The minimum absolute atomic E-state index is 0.0983. The van der Waals surface area contributed by atoms with Crippen LogP contribution in [0.5, 0.6) is 0 Å². The van der Waals surface area contributed by atoms with E-state index in [1.807, 2.05) is 12.1 Å². The lowest BCUT2D eigenvalue weighted by atomic mass is 10.1. The van der Waals surface area contributed by atoms with E-state index in [0.717, 1.165) is 17.6 Å². The quantitative estimate of drug-likeness (QED) is 0.690. The molecule has 2 N–H and O–H groups in total. The second-order valence-electron chi connectivity index (χ2n) is 6.73. The van der Waals surface area contributed by atoms with E-state index in [4.69, 9.17) is 5.11 Å². The maximum Gasteiger partial charge on any atom is 0.417 e. The van der Waals surface area contributed by atoms with Gasteiger partial charge in [-0.15, -0.1) is 10.2 Å². The fourth-order valence-corrected chi connectivity index (χ4v) is 3.35. The van der Waals surface area contributed by atoms with Crippen molar-refractivity contribution >= 4 is 22.7 Å². The number of nitrogens with zero attached hydrogens (tertiary/aromatic N) is 4. The number of amides is 1. The molecule has 0 spiro atoms. The second-order valence-corrected chi connectivity index (χ2v) is 6.73. The molecule has 1 aliphatic rings. The van der Waals surface area contributed by atoms with Gasteiger partial charge >= 0.3 is 12.3 Å². The van der Waals surface area contributed by atoms with Crippen LogP contribution in [0.1, 0.15) is 12.0 Å². The zero-order valence-electron chi connectivity index (χ0n) is 15.0. The van der Waals surface area contributed by atoms with Crippen LogP contribution in [-0.2, 0) is 6.18 Å². The highest BCUT2D eigenvalue weighted by Crippen LogP contribution is 2.32. The number of rotatable bonds is 3. The number of pyridine rings is 1. The molecule has 1 aromatic carbocycles. The van der Waals surface area contributed by atoms with Gasteiger partial charge in [0.2, 0.25) is 0 Å². The molecule has 3 heterocycles. The summed E-state index contributed by atoms with van der Waals surface area (Å²) in [7, 11) is 0. The number of nitrogens with one attached hydrogen (secondary N) is 1. The summed E-state index contributed by atoms with van der Waals surface area (Å²) >= 11 is 0. The van der Waals surface area contributed by atoms with E-state index in [-0.39, 0.29) is 11.7 Å². The normalized spacial score (nSPS) is 16.9. The third-order valence-electron chi connectivity index (χ3n) is 4.82. The number of hydrogen-bond acceptors (Lipinski definition) is 5. The summed E-state index contributed by atoms with van der Waals surface area (Å²) in [6, 6.07) is 9.36. The summed E-state index contributed by atoms with van der Waals surface area (Å²) < 4.78 is 38.3. The first-order valence-corrected chi connectivity index (χ1v) is 8.86. The molecule has 1 amide bonds. The van der Waals surface area contributed by atoms with E-state index >= 15 is 0 Å². The first kappa shape index (κ1) is 18.9. The van der Waals surface area contributed by atoms with E-state index in [2.05, 4.69) is 20.5 Å². The lowest BCUT2D eigenvalue weighted by molar-refractivity contribution is -0.137. The van der Waals surface area contributed by atoms with E-state index in [1.165, 1.54) is 11.0 Å². The zero-order chi connectivity index (χ0) is 20.6. The molecule has 3 aromatic rings. The highest BCUT2D eigenvalue weighted by Gasteiger charge is 2.31. The number of benzene rings is 1. The largest absolute Gasteiger partial charge is 0.465 e. The fraction of sp³-hybridized carbons (Fsp3) is 0.263. The van der Waals surface area contributed by atoms with Crippen molar-refractivity contribution in [1.82, 2.24) is 20.1 Å². The predicted octanol–water partition coefficient (Wildman–Crippen LogP) is 3.87. The van der Waals surface area contributed by atoms with Crippen molar-refractivity contribution in [2.75, 3.05) is 18.4 Å². The summed E-state index contributed by atoms with van der Waals surface area (Å²) in [5, 5.41) is 22.1. The SMILES string of the molecule is O=C(O)N1CC[C@H](Nc2nnc(-c3ccc(C(F)(F)F)cn3)c3ccccc23)C1. The molecule has 1 atom stereocenters.